The van der Waals surface area contributed by atoms with E-state index in [1.165, 1.54) is 0 Å². The maximum atomic E-state index is 12.3. The summed E-state index contributed by atoms with van der Waals surface area (Å²) in [6.07, 6.45) is 0. The van der Waals surface area contributed by atoms with Gasteiger partial charge in [-0.05, 0) is 31.7 Å². The Morgan fingerprint density at radius 2 is 1.90 bits per heavy atom. The number of halogens is 2. The van der Waals surface area contributed by atoms with Crippen molar-refractivity contribution in [1.82, 2.24) is 20.0 Å². The van der Waals surface area contributed by atoms with Crippen LogP contribution in [0.1, 0.15) is 11.4 Å². The molecule has 2 fully saturated rings. The Morgan fingerprint density at radius 1 is 1.30 bits per heavy atom. The van der Waals surface area contributed by atoms with Crippen LogP contribution in [0.4, 0.5) is 0 Å². The molecule has 0 bridgehead atoms. The molecule has 7 heteroatoms. The SMILES string of the molecule is Cc1cc(C)n(CC(=O)N2C[C@H]3CNC[C@H]3C2)n1.Cl.Cl. The minimum atomic E-state index is 0. The molecular weight excluding hydrogens is 299 g/mol. The molecule has 0 aromatic carbocycles. The van der Waals surface area contributed by atoms with Gasteiger partial charge in [0.15, 0.2) is 0 Å². The van der Waals surface area contributed by atoms with Gasteiger partial charge in [-0.1, -0.05) is 0 Å². The summed E-state index contributed by atoms with van der Waals surface area (Å²) in [6.45, 7) is 8.29. The zero-order chi connectivity index (χ0) is 12.7. The van der Waals surface area contributed by atoms with Gasteiger partial charge in [0.2, 0.25) is 5.91 Å². The molecule has 5 nitrogen and oxygen atoms in total. The first-order chi connectivity index (χ1) is 8.63. The molecule has 1 aromatic rings. The number of rotatable bonds is 2. The molecule has 0 radical (unpaired) electrons. The molecule has 0 saturated carbocycles. The number of nitrogens with one attached hydrogen (secondary N) is 1. The molecule has 2 aliphatic heterocycles. The van der Waals surface area contributed by atoms with E-state index in [2.05, 4.69) is 10.4 Å². The van der Waals surface area contributed by atoms with Gasteiger partial charge < -0.3 is 10.2 Å². The number of fused-ring (bicyclic) bond motifs is 1. The lowest BCUT2D eigenvalue weighted by atomic mass is 10.0. The fraction of sp³-hybridized carbons (Fsp3) is 0.692. The highest BCUT2D eigenvalue weighted by Gasteiger charge is 2.37. The second-order valence-electron chi connectivity index (χ2n) is 5.56. The Balaban J connectivity index is 0.000001000. The van der Waals surface area contributed by atoms with E-state index in [0.717, 1.165) is 37.6 Å². The zero-order valence-electron chi connectivity index (χ0n) is 11.8. The number of hydrogen-bond acceptors (Lipinski definition) is 3. The maximum Gasteiger partial charge on any atom is 0.244 e. The highest BCUT2D eigenvalue weighted by molar-refractivity contribution is 5.85. The summed E-state index contributed by atoms with van der Waals surface area (Å²) < 4.78 is 1.81. The van der Waals surface area contributed by atoms with Crippen molar-refractivity contribution >= 4 is 30.7 Å². The van der Waals surface area contributed by atoms with Crippen molar-refractivity contribution in [1.29, 1.82) is 0 Å². The third-order valence-electron chi connectivity index (χ3n) is 4.13. The molecule has 2 aliphatic rings. The van der Waals surface area contributed by atoms with Crippen LogP contribution in [0.3, 0.4) is 0 Å². The average molecular weight is 321 g/mol. The van der Waals surface area contributed by atoms with Crippen molar-refractivity contribution in [3.05, 3.63) is 17.5 Å². The minimum Gasteiger partial charge on any atom is -0.340 e. The van der Waals surface area contributed by atoms with Crippen LogP contribution < -0.4 is 5.32 Å². The van der Waals surface area contributed by atoms with Gasteiger partial charge in [-0.25, -0.2) is 0 Å². The summed E-state index contributed by atoms with van der Waals surface area (Å²) in [6, 6.07) is 2.01. The van der Waals surface area contributed by atoms with Crippen LogP contribution in [0.5, 0.6) is 0 Å². The monoisotopic (exact) mass is 320 g/mol. The molecule has 114 valence electrons. The van der Waals surface area contributed by atoms with Crippen LogP contribution in [0, 0.1) is 25.7 Å². The first-order valence-electron chi connectivity index (χ1n) is 6.63. The van der Waals surface area contributed by atoms with Crippen LogP contribution in [0.25, 0.3) is 0 Å². The molecule has 1 N–H and O–H groups in total. The predicted molar refractivity (Wildman–Crippen MR) is 82.6 cm³/mol. The number of hydrogen-bond donors (Lipinski definition) is 1. The Morgan fingerprint density at radius 3 is 2.40 bits per heavy atom. The number of nitrogens with zero attached hydrogens (tertiary/aromatic N) is 3. The largest absolute Gasteiger partial charge is 0.340 e. The maximum absolute atomic E-state index is 12.3. The highest BCUT2D eigenvalue weighted by Crippen LogP contribution is 2.26. The third-order valence-corrected chi connectivity index (χ3v) is 4.13. The second kappa shape index (κ2) is 6.78. The summed E-state index contributed by atoms with van der Waals surface area (Å²) in [5.74, 6) is 1.53. The Bertz CT molecular complexity index is 465. The molecule has 2 saturated heterocycles. The quantitative estimate of drug-likeness (QED) is 0.885. The van der Waals surface area contributed by atoms with Crippen molar-refractivity contribution in [2.75, 3.05) is 26.2 Å². The van der Waals surface area contributed by atoms with E-state index in [1.807, 2.05) is 29.5 Å². The lowest BCUT2D eigenvalue weighted by molar-refractivity contribution is -0.131. The molecule has 2 atom stereocenters. The lowest BCUT2D eigenvalue weighted by Gasteiger charge is -2.17. The summed E-state index contributed by atoms with van der Waals surface area (Å²) in [5, 5.41) is 7.74. The summed E-state index contributed by atoms with van der Waals surface area (Å²) in [4.78, 5) is 14.3. The van der Waals surface area contributed by atoms with Crippen LogP contribution in [0.2, 0.25) is 0 Å². The van der Waals surface area contributed by atoms with Crippen LogP contribution in [-0.2, 0) is 11.3 Å². The van der Waals surface area contributed by atoms with Gasteiger partial charge in [0.25, 0.3) is 0 Å². The minimum absolute atomic E-state index is 0. The van der Waals surface area contributed by atoms with Gasteiger partial charge in [0.1, 0.15) is 6.54 Å². The number of likely N-dealkylation sites (tertiary alicyclic amines) is 1. The molecule has 0 spiro atoms. The molecule has 0 unspecified atom stereocenters. The van der Waals surface area contributed by atoms with Crippen LogP contribution >= 0.6 is 24.8 Å². The Hall–Kier alpha value is -0.780. The number of aromatic nitrogens is 2. The summed E-state index contributed by atoms with van der Waals surface area (Å²) in [7, 11) is 0. The van der Waals surface area contributed by atoms with Gasteiger partial charge in [-0.3, -0.25) is 9.48 Å². The second-order valence-corrected chi connectivity index (χ2v) is 5.56. The normalized spacial score (nSPS) is 24.0. The van der Waals surface area contributed by atoms with E-state index in [0.29, 0.717) is 18.4 Å². The smallest absolute Gasteiger partial charge is 0.244 e. The van der Waals surface area contributed by atoms with Gasteiger partial charge in [-0.2, -0.15) is 5.10 Å². The van der Waals surface area contributed by atoms with E-state index >= 15 is 0 Å². The summed E-state index contributed by atoms with van der Waals surface area (Å²) >= 11 is 0. The molecular formula is C13H22Cl2N4O. The van der Waals surface area contributed by atoms with Crippen molar-refractivity contribution in [3.8, 4) is 0 Å². The van der Waals surface area contributed by atoms with Gasteiger partial charge in [0.05, 0.1) is 5.69 Å². The van der Waals surface area contributed by atoms with E-state index in [-0.39, 0.29) is 30.7 Å². The zero-order valence-corrected chi connectivity index (χ0v) is 13.5. The van der Waals surface area contributed by atoms with Crippen molar-refractivity contribution < 1.29 is 4.79 Å². The lowest BCUT2D eigenvalue weighted by Crippen LogP contribution is -2.34. The first-order valence-corrected chi connectivity index (χ1v) is 6.63. The molecule has 3 heterocycles. The van der Waals surface area contributed by atoms with E-state index < -0.39 is 0 Å². The van der Waals surface area contributed by atoms with E-state index in [9.17, 15) is 4.79 Å². The highest BCUT2D eigenvalue weighted by atomic mass is 35.5. The fourth-order valence-electron chi connectivity index (χ4n) is 3.12. The average Bonchev–Trinajstić information content (AvgIpc) is 2.93. The van der Waals surface area contributed by atoms with Crippen molar-refractivity contribution in [2.24, 2.45) is 11.8 Å². The van der Waals surface area contributed by atoms with E-state index in [1.54, 1.807) is 0 Å². The Labute approximate surface area is 131 Å². The number of amides is 1. The van der Waals surface area contributed by atoms with Gasteiger partial charge in [-0.15, -0.1) is 24.8 Å². The number of aryl methyl sites for hydroxylation is 2. The third kappa shape index (κ3) is 3.27. The van der Waals surface area contributed by atoms with Gasteiger partial charge >= 0.3 is 0 Å². The number of carbonyl (C=O) groups excluding carboxylic acids is 1. The Kier molecular flexibility index (Phi) is 5.86. The van der Waals surface area contributed by atoms with Crippen molar-refractivity contribution in [2.45, 2.75) is 20.4 Å². The predicted octanol–water partition coefficient (Wildman–Crippen LogP) is 1.02. The van der Waals surface area contributed by atoms with Gasteiger partial charge in [0, 0.05) is 31.9 Å². The molecule has 3 rings (SSSR count). The molecule has 1 amide bonds. The number of carbonyl (C=O) groups is 1. The standard InChI is InChI=1S/C13H20N4O.2ClH/c1-9-3-10(2)17(15-9)8-13(18)16-6-11-4-14-5-12(11)7-16;;/h3,11-12,14H,4-8H2,1-2H3;2*1H/t11-,12+;;. The molecule has 0 aliphatic carbocycles. The first kappa shape index (κ1) is 17.3. The van der Waals surface area contributed by atoms with Crippen molar-refractivity contribution in [3.63, 3.8) is 0 Å². The topological polar surface area (TPSA) is 50.2 Å². The van der Waals surface area contributed by atoms with Crippen LogP contribution in [0.15, 0.2) is 6.07 Å². The fourth-order valence-corrected chi connectivity index (χ4v) is 3.12. The summed E-state index contributed by atoms with van der Waals surface area (Å²) in [5.41, 5.74) is 2.03. The van der Waals surface area contributed by atoms with E-state index in [4.69, 9.17) is 0 Å². The van der Waals surface area contributed by atoms with Crippen LogP contribution in [-0.4, -0.2) is 46.8 Å². The molecule has 20 heavy (non-hydrogen) atoms. The molecule has 1 aromatic heterocycles.